The third kappa shape index (κ3) is 5.69. The van der Waals surface area contributed by atoms with Crippen molar-refractivity contribution < 1.29 is 8.42 Å². The molecule has 1 aromatic rings. The normalized spacial score (nSPS) is 15.2. The first-order chi connectivity index (χ1) is 8.88. The van der Waals surface area contributed by atoms with E-state index in [-0.39, 0.29) is 17.7 Å². The number of sulfonamides is 1. The molecule has 2 atom stereocenters. The molecule has 0 amide bonds. The average molecular weight is 324 g/mol. The second kappa shape index (κ2) is 7.48. The van der Waals surface area contributed by atoms with E-state index in [1.807, 2.05) is 26.0 Å². The Morgan fingerprint density at radius 1 is 1.26 bits per heavy atom. The molecule has 0 aromatic heterocycles. The van der Waals surface area contributed by atoms with Crippen molar-refractivity contribution >= 4 is 33.2 Å². The van der Waals surface area contributed by atoms with E-state index >= 15 is 0 Å². The van der Waals surface area contributed by atoms with Crippen molar-refractivity contribution in [3.8, 4) is 0 Å². The van der Waals surface area contributed by atoms with Crippen molar-refractivity contribution in [1.82, 2.24) is 4.72 Å². The highest BCUT2D eigenvalue weighted by molar-refractivity contribution is 7.89. The molecule has 1 N–H and O–H groups in total. The summed E-state index contributed by atoms with van der Waals surface area (Å²) in [7, 11) is -3.33. The number of nitrogens with one attached hydrogen (secondary N) is 1. The van der Waals surface area contributed by atoms with E-state index in [4.69, 9.17) is 23.2 Å². The maximum Gasteiger partial charge on any atom is 0.212 e. The van der Waals surface area contributed by atoms with Crippen molar-refractivity contribution in [2.45, 2.75) is 26.3 Å². The summed E-state index contributed by atoms with van der Waals surface area (Å²) >= 11 is 11.5. The monoisotopic (exact) mass is 323 g/mol. The molecular formula is C13H19Cl2NO2S. The largest absolute Gasteiger partial charge is 0.212 e. The van der Waals surface area contributed by atoms with Gasteiger partial charge in [0.1, 0.15) is 0 Å². The van der Waals surface area contributed by atoms with E-state index in [1.54, 1.807) is 12.1 Å². The molecule has 0 heterocycles. The quantitative estimate of drug-likeness (QED) is 0.779. The van der Waals surface area contributed by atoms with Gasteiger partial charge in [-0.15, -0.1) is 11.6 Å². The van der Waals surface area contributed by atoms with Gasteiger partial charge in [-0.05, 0) is 30.0 Å². The Labute approximate surface area is 125 Å². The molecule has 0 saturated heterocycles. The summed E-state index contributed by atoms with van der Waals surface area (Å²) in [6, 6.07) is 6.96. The van der Waals surface area contributed by atoms with Gasteiger partial charge in [0.25, 0.3) is 0 Å². The number of alkyl halides is 1. The molecule has 0 aliphatic rings. The first-order valence-electron chi connectivity index (χ1n) is 6.19. The molecule has 1 rings (SSSR count). The Hall–Kier alpha value is -0.290. The first-order valence-corrected chi connectivity index (χ1v) is 8.76. The summed E-state index contributed by atoms with van der Waals surface area (Å²) in [5, 5.41) is 0.636. The molecule has 0 spiro atoms. The van der Waals surface area contributed by atoms with Crippen LogP contribution in [0.3, 0.4) is 0 Å². The predicted molar refractivity (Wildman–Crippen MR) is 81.3 cm³/mol. The highest BCUT2D eigenvalue weighted by Crippen LogP contribution is 2.20. The molecule has 108 valence electrons. The zero-order valence-electron chi connectivity index (χ0n) is 11.1. The van der Waals surface area contributed by atoms with E-state index in [9.17, 15) is 8.42 Å². The zero-order chi connectivity index (χ0) is 14.5. The smallest absolute Gasteiger partial charge is 0.212 e. The third-order valence-corrected chi connectivity index (χ3v) is 5.20. The molecular weight excluding hydrogens is 305 g/mol. The van der Waals surface area contributed by atoms with Crippen molar-refractivity contribution in [2.24, 2.45) is 5.92 Å². The summed E-state index contributed by atoms with van der Waals surface area (Å²) in [4.78, 5) is 0. The molecule has 2 unspecified atom stereocenters. The number of hydrogen-bond acceptors (Lipinski definition) is 2. The van der Waals surface area contributed by atoms with Crippen LogP contribution in [0.25, 0.3) is 0 Å². The second-order valence-corrected chi connectivity index (χ2v) is 7.21. The van der Waals surface area contributed by atoms with Crippen LogP contribution < -0.4 is 4.72 Å². The maximum atomic E-state index is 12.0. The molecule has 0 saturated carbocycles. The van der Waals surface area contributed by atoms with Crippen molar-refractivity contribution in [2.75, 3.05) is 11.6 Å². The average Bonchev–Trinajstić information content (AvgIpc) is 2.36. The van der Waals surface area contributed by atoms with Crippen molar-refractivity contribution in [3.63, 3.8) is 0 Å². The lowest BCUT2D eigenvalue weighted by atomic mass is 10.1. The lowest BCUT2D eigenvalue weighted by Gasteiger charge is -2.19. The van der Waals surface area contributed by atoms with Gasteiger partial charge in [0.05, 0.1) is 5.75 Å². The van der Waals surface area contributed by atoms with Crippen LogP contribution in [0.5, 0.6) is 0 Å². The van der Waals surface area contributed by atoms with Gasteiger partial charge in [0.15, 0.2) is 0 Å². The van der Waals surface area contributed by atoms with Crippen molar-refractivity contribution in [3.05, 3.63) is 34.9 Å². The van der Waals surface area contributed by atoms with Gasteiger partial charge in [0, 0.05) is 16.9 Å². The summed E-state index contributed by atoms with van der Waals surface area (Å²) < 4.78 is 26.7. The van der Waals surface area contributed by atoms with Gasteiger partial charge in [-0.2, -0.15) is 0 Å². The molecule has 0 radical (unpaired) electrons. The van der Waals surface area contributed by atoms with E-state index in [0.29, 0.717) is 17.3 Å². The van der Waals surface area contributed by atoms with E-state index in [0.717, 1.165) is 5.56 Å². The fourth-order valence-electron chi connectivity index (χ4n) is 1.77. The van der Waals surface area contributed by atoms with Gasteiger partial charge >= 0.3 is 0 Å². The molecule has 0 fully saturated rings. The number of hydrogen-bond donors (Lipinski definition) is 1. The Morgan fingerprint density at radius 3 is 2.32 bits per heavy atom. The molecule has 1 aromatic carbocycles. The summed E-state index contributed by atoms with van der Waals surface area (Å²) in [6.45, 7) is 3.75. The second-order valence-electron chi connectivity index (χ2n) is 4.67. The lowest BCUT2D eigenvalue weighted by Crippen LogP contribution is -2.32. The molecule has 3 nitrogen and oxygen atoms in total. The van der Waals surface area contributed by atoms with Crippen LogP contribution in [0.4, 0.5) is 0 Å². The fourth-order valence-corrected chi connectivity index (χ4v) is 3.83. The zero-order valence-corrected chi connectivity index (χ0v) is 13.4. The standard InChI is InChI=1S/C13H19Cl2NO2S/c1-3-13(11-4-6-12(15)7-5-11)16-19(17,18)9-10(2)8-14/h4-7,10,13,16H,3,8-9H2,1-2H3. The lowest BCUT2D eigenvalue weighted by molar-refractivity contribution is 0.540. The minimum absolute atomic E-state index is 0.0423. The van der Waals surface area contributed by atoms with E-state index in [1.165, 1.54) is 0 Å². The SMILES string of the molecule is CCC(NS(=O)(=O)CC(C)CCl)c1ccc(Cl)cc1. The molecule has 19 heavy (non-hydrogen) atoms. The van der Waals surface area contributed by atoms with Gasteiger partial charge in [-0.25, -0.2) is 13.1 Å². The Kier molecular flexibility index (Phi) is 6.60. The third-order valence-electron chi connectivity index (χ3n) is 2.77. The molecule has 0 aliphatic carbocycles. The summed E-state index contributed by atoms with van der Waals surface area (Å²) in [5.74, 6) is 0.307. The minimum Gasteiger partial charge on any atom is -0.212 e. The first kappa shape index (κ1) is 16.8. The Balaban J connectivity index is 2.79. The van der Waals surface area contributed by atoms with Crippen LogP contribution in [0.15, 0.2) is 24.3 Å². The number of halogens is 2. The summed E-state index contributed by atoms with van der Waals surface area (Å²) in [6.07, 6.45) is 0.677. The molecule has 0 aliphatic heterocycles. The minimum atomic E-state index is -3.33. The number of benzene rings is 1. The maximum absolute atomic E-state index is 12.0. The van der Waals surface area contributed by atoms with Crippen LogP contribution in [-0.4, -0.2) is 20.1 Å². The summed E-state index contributed by atoms with van der Waals surface area (Å²) in [5.41, 5.74) is 0.911. The predicted octanol–water partition coefficient (Wildman–Crippen LogP) is 3.59. The van der Waals surface area contributed by atoms with Gasteiger partial charge < -0.3 is 0 Å². The highest BCUT2D eigenvalue weighted by atomic mass is 35.5. The van der Waals surface area contributed by atoms with Crippen LogP contribution >= 0.6 is 23.2 Å². The highest BCUT2D eigenvalue weighted by Gasteiger charge is 2.20. The topological polar surface area (TPSA) is 46.2 Å². The number of rotatable bonds is 7. The van der Waals surface area contributed by atoms with Gasteiger partial charge in [0.2, 0.25) is 10.0 Å². The van der Waals surface area contributed by atoms with Crippen molar-refractivity contribution in [1.29, 1.82) is 0 Å². The van der Waals surface area contributed by atoms with E-state index in [2.05, 4.69) is 4.72 Å². The Bertz CT molecular complexity index is 488. The van der Waals surface area contributed by atoms with Crippen LogP contribution in [-0.2, 0) is 10.0 Å². The Morgan fingerprint density at radius 2 is 1.84 bits per heavy atom. The van der Waals surface area contributed by atoms with Crippen LogP contribution in [0.2, 0.25) is 5.02 Å². The molecule has 0 bridgehead atoms. The van der Waals surface area contributed by atoms with Crippen LogP contribution in [0, 0.1) is 5.92 Å². The van der Waals surface area contributed by atoms with E-state index < -0.39 is 10.0 Å². The van der Waals surface area contributed by atoms with Gasteiger partial charge in [-0.3, -0.25) is 0 Å². The van der Waals surface area contributed by atoms with Crippen LogP contribution in [0.1, 0.15) is 31.9 Å². The fraction of sp³-hybridized carbons (Fsp3) is 0.538. The van der Waals surface area contributed by atoms with Gasteiger partial charge in [-0.1, -0.05) is 37.6 Å². The molecule has 6 heteroatoms.